The van der Waals surface area contributed by atoms with Crippen LogP contribution in [0.15, 0.2) is 23.6 Å². The molecule has 0 saturated carbocycles. The molecule has 0 bridgehead atoms. The minimum absolute atomic E-state index is 0.238. The molecule has 0 spiro atoms. The number of anilines is 1. The van der Waals surface area contributed by atoms with Crippen LogP contribution in [0.3, 0.4) is 0 Å². The van der Waals surface area contributed by atoms with Gasteiger partial charge >= 0.3 is 5.97 Å². The van der Waals surface area contributed by atoms with Crippen molar-refractivity contribution in [1.29, 1.82) is 0 Å². The molecule has 1 N–H and O–H groups in total. The van der Waals surface area contributed by atoms with E-state index in [9.17, 15) is 4.79 Å². The first-order valence-electron chi connectivity index (χ1n) is 6.94. The van der Waals surface area contributed by atoms with Crippen molar-refractivity contribution >= 4 is 45.6 Å². The minimum atomic E-state index is -0.704. The lowest BCUT2D eigenvalue weighted by Crippen LogP contribution is -2.36. The Hall–Kier alpha value is -1.30. The zero-order valence-electron chi connectivity index (χ0n) is 11.6. The second kappa shape index (κ2) is 6.44. The number of carbonyl (C=O) groups is 1. The van der Waals surface area contributed by atoms with E-state index in [1.165, 1.54) is 0 Å². The van der Waals surface area contributed by atoms with Crippen molar-refractivity contribution in [3.63, 3.8) is 0 Å². The molecule has 4 nitrogen and oxygen atoms in total. The van der Waals surface area contributed by atoms with E-state index >= 15 is 0 Å². The molecule has 1 aromatic heterocycles. The lowest BCUT2D eigenvalue weighted by Gasteiger charge is -2.29. The van der Waals surface area contributed by atoms with Crippen LogP contribution in [0.25, 0.3) is 11.3 Å². The summed E-state index contributed by atoms with van der Waals surface area (Å²) in [5.41, 5.74) is 1.62. The molecular formula is C15H14Cl2N2O2S. The molecule has 0 unspecified atom stereocenters. The number of aliphatic carboxylic acids is 1. The number of piperidine rings is 1. The van der Waals surface area contributed by atoms with Crippen LogP contribution in [0.2, 0.25) is 10.0 Å². The van der Waals surface area contributed by atoms with Crippen LogP contribution in [0, 0.1) is 5.92 Å². The highest BCUT2D eigenvalue weighted by atomic mass is 35.5. The van der Waals surface area contributed by atoms with Crippen LogP contribution in [-0.4, -0.2) is 29.1 Å². The molecular weight excluding hydrogens is 343 g/mol. The number of rotatable bonds is 3. The summed E-state index contributed by atoms with van der Waals surface area (Å²) in [4.78, 5) is 17.8. The molecule has 2 heterocycles. The molecule has 0 aliphatic carbocycles. The molecule has 2 aromatic rings. The summed E-state index contributed by atoms with van der Waals surface area (Å²) in [6.07, 6.45) is 1.31. The van der Waals surface area contributed by atoms with Crippen LogP contribution < -0.4 is 4.90 Å². The first-order chi connectivity index (χ1) is 10.6. The topological polar surface area (TPSA) is 53.4 Å². The van der Waals surface area contributed by atoms with Crippen LogP contribution in [0.4, 0.5) is 5.13 Å². The smallest absolute Gasteiger partial charge is 0.306 e. The molecule has 1 fully saturated rings. The molecule has 1 aromatic carbocycles. The SMILES string of the molecule is O=C(O)C1CCN(c2nc(-c3cccc(Cl)c3Cl)cs2)CC1. The number of carboxylic acids is 1. The number of hydrogen-bond acceptors (Lipinski definition) is 4. The molecule has 3 rings (SSSR count). The van der Waals surface area contributed by atoms with Gasteiger partial charge in [0.05, 0.1) is 21.7 Å². The Balaban J connectivity index is 1.77. The summed E-state index contributed by atoms with van der Waals surface area (Å²) in [6, 6.07) is 5.49. The van der Waals surface area contributed by atoms with E-state index in [0.717, 1.165) is 16.4 Å². The van der Waals surface area contributed by atoms with Crippen molar-refractivity contribution in [1.82, 2.24) is 4.98 Å². The zero-order chi connectivity index (χ0) is 15.7. The van der Waals surface area contributed by atoms with Crippen LogP contribution in [0.5, 0.6) is 0 Å². The van der Waals surface area contributed by atoms with Crippen LogP contribution in [-0.2, 0) is 4.79 Å². The molecule has 0 atom stereocenters. The third kappa shape index (κ3) is 3.07. The molecule has 0 amide bonds. The van der Waals surface area contributed by atoms with Crippen LogP contribution >= 0.6 is 34.5 Å². The number of thiazole rings is 1. The van der Waals surface area contributed by atoms with Crippen molar-refractivity contribution in [2.75, 3.05) is 18.0 Å². The zero-order valence-corrected chi connectivity index (χ0v) is 14.0. The number of halogens is 2. The van der Waals surface area contributed by atoms with Crippen molar-refractivity contribution in [2.24, 2.45) is 5.92 Å². The van der Waals surface area contributed by atoms with Gasteiger partial charge in [0.2, 0.25) is 0 Å². The van der Waals surface area contributed by atoms with Gasteiger partial charge in [-0.2, -0.15) is 0 Å². The Labute approximate surface area is 142 Å². The lowest BCUT2D eigenvalue weighted by atomic mass is 9.98. The predicted molar refractivity (Wildman–Crippen MR) is 90.1 cm³/mol. The quantitative estimate of drug-likeness (QED) is 0.884. The standard InChI is InChI=1S/C15H14Cl2N2O2S/c16-11-3-1-2-10(13(11)17)12-8-22-15(18-12)19-6-4-9(5-7-19)14(20)21/h1-3,8-9H,4-7H2,(H,20,21). The first kappa shape index (κ1) is 15.6. The summed E-state index contributed by atoms with van der Waals surface area (Å²) >= 11 is 13.8. The third-order valence-corrected chi connectivity index (χ3v) is 5.55. The van der Waals surface area contributed by atoms with Gasteiger partial charge in [0.25, 0.3) is 0 Å². The largest absolute Gasteiger partial charge is 0.481 e. The minimum Gasteiger partial charge on any atom is -0.481 e. The summed E-state index contributed by atoms with van der Waals surface area (Å²) in [5.74, 6) is -0.941. The Morgan fingerprint density at radius 1 is 1.32 bits per heavy atom. The van der Waals surface area contributed by atoms with Crippen molar-refractivity contribution in [2.45, 2.75) is 12.8 Å². The highest BCUT2D eigenvalue weighted by molar-refractivity contribution is 7.14. The molecule has 1 aliphatic rings. The van der Waals surface area contributed by atoms with Gasteiger partial charge in [0, 0.05) is 24.0 Å². The summed E-state index contributed by atoms with van der Waals surface area (Å²) < 4.78 is 0. The van der Waals surface area contributed by atoms with E-state index in [0.29, 0.717) is 36.0 Å². The number of hydrogen-bond donors (Lipinski definition) is 1. The van der Waals surface area contributed by atoms with Gasteiger partial charge in [-0.25, -0.2) is 4.98 Å². The fourth-order valence-electron chi connectivity index (χ4n) is 2.55. The molecule has 116 valence electrons. The highest BCUT2D eigenvalue weighted by Crippen LogP contribution is 2.36. The van der Waals surface area contributed by atoms with Gasteiger partial charge in [-0.3, -0.25) is 4.79 Å². The maximum atomic E-state index is 11.0. The average molecular weight is 357 g/mol. The van der Waals surface area contributed by atoms with Crippen LogP contribution in [0.1, 0.15) is 12.8 Å². The van der Waals surface area contributed by atoms with Gasteiger partial charge < -0.3 is 10.0 Å². The van der Waals surface area contributed by atoms with Gasteiger partial charge in [-0.05, 0) is 18.9 Å². The van der Waals surface area contributed by atoms with E-state index in [-0.39, 0.29) is 5.92 Å². The van der Waals surface area contributed by atoms with Crippen molar-refractivity contribution < 1.29 is 9.90 Å². The Morgan fingerprint density at radius 3 is 2.73 bits per heavy atom. The first-order valence-corrected chi connectivity index (χ1v) is 8.57. The normalized spacial score (nSPS) is 16.0. The van der Waals surface area contributed by atoms with Gasteiger partial charge in [-0.15, -0.1) is 11.3 Å². The molecule has 7 heteroatoms. The highest BCUT2D eigenvalue weighted by Gasteiger charge is 2.26. The number of benzene rings is 1. The van der Waals surface area contributed by atoms with Gasteiger partial charge in [-0.1, -0.05) is 35.3 Å². The lowest BCUT2D eigenvalue weighted by molar-refractivity contribution is -0.142. The molecule has 22 heavy (non-hydrogen) atoms. The third-order valence-electron chi connectivity index (χ3n) is 3.83. The van der Waals surface area contributed by atoms with Crippen molar-refractivity contribution in [3.8, 4) is 11.3 Å². The predicted octanol–water partition coefficient (Wildman–Crippen LogP) is 4.42. The molecule has 1 saturated heterocycles. The summed E-state index contributed by atoms with van der Waals surface area (Å²) in [7, 11) is 0. The van der Waals surface area contributed by atoms with E-state index < -0.39 is 5.97 Å². The number of aromatic nitrogens is 1. The number of carboxylic acid groups (broad SMARTS) is 1. The Kier molecular flexibility index (Phi) is 4.57. The summed E-state index contributed by atoms with van der Waals surface area (Å²) in [6.45, 7) is 1.43. The van der Waals surface area contributed by atoms with Gasteiger partial charge in [0.15, 0.2) is 5.13 Å². The second-order valence-corrected chi connectivity index (χ2v) is 6.84. The molecule has 0 radical (unpaired) electrons. The fraction of sp³-hybridized carbons (Fsp3) is 0.333. The van der Waals surface area contributed by atoms with E-state index in [4.69, 9.17) is 28.3 Å². The monoisotopic (exact) mass is 356 g/mol. The second-order valence-electron chi connectivity index (χ2n) is 5.22. The Morgan fingerprint density at radius 2 is 2.05 bits per heavy atom. The van der Waals surface area contributed by atoms with Gasteiger partial charge in [0.1, 0.15) is 0 Å². The van der Waals surface area contributed by atoms with E-state index in [1.807, 2.05) is 17.5 Å². The van der Waals surface area contributed by atoms with E-state index in [2.05, 4.69) is 9.88 Å². The summed E-state index contributed by atoms with van der Waals surface area (Å²) in [5, 5.41) is 12.9. The molecule has 1 aliphatic heterocycles. The fourth-order valence-corrected chi connectivity index (χ4v) is 3.83. The van der Waals surface area contributed by atoms with Crippen molar-refractivity contribution in [3.05, 3.63) is 33.6 Å². The maximum Gasteiger partial charge on any atom is 0.306 e. The number of nitrogens with zero attached hydrogens (tertiary/aromatic N) is 2. The average Bonchev–Trinajstić information content (AvgIpc) is 3.00. The Bertz CT molecular complexity index is 697. The maximum absolute atomic E-state index is 11.0. The van der Waals surface area contributed by atoms with E-state index in [1.54, 1.807) is 17.4 Å².